The number of hydrogen-bond donors (Lipinski definition) is 1. The van der Waals surface area contributed by atoms with Crippen molar-refractivity contribution in [3.8, 4) is 0 Å². The summed E-state index contributed by atoms with van der Waals surface area (Å²) in [4.78, 5) is 25.0. The lowest BCUT2D eigenvalue weighted by Crippen LogP contribution is -2.30. The molecule has 0 bridgehead atoms. The van der Waals surface area contributed by atoms with Crippen LogP contribution in [0.5, 0.6) is 0 Å². The normalized spacial score (nSPS) is 11.0. The van der Waals surface area contributed by atoms with Crippen molar-refractivity contribution in [2.45, 2.75) is 6.54 Å². The molecule has 1 N–H and O–H groups in total. The van der Waals surface area contributed by atoms with Gasteiger partial charge in [-0.15, -0.1) is 0 Å². The number of pyridine rings is 1. The summed E-state index contributed by atoms with van der Waals surface area (Å²) in [5, 5.41) is 4.70. The number of rotatable bonds is 5. The molecule has 1 heterocycles. The van der Waals surface area contributed by atoms with Gasteiger partial charge in [0.1, 0.15) is 5.56 Å². The van der Waals surface area contributed by atoms with E-state index in [1.165, 1.54) is 16.8 Å². The molecule has 0 atom stereocenters. The lowest BCUT2D eigenvalue weighted by atomic mass is 10.2. The number of hydrogen-bond acceptors (Lipinski definition) is 3. The maximum atomic E-state index is 12.6. The van der Waals surface area contributed by atoms with Crippen molar-refractivity contribution in [2.24, 2.45) is 5.10 Å². The van der Waals surface area contributed by atoms with Gasteiger partial charge in [-0.3, -0.25) is 9.59 Å². The number of amides is 1. The van der Waals surface area contributed by atoms with Crippen molar-refractivity contribution in [1.29, 1.82) is 0 Å². The van der Waals surface area contributed by atoms with Crippen LogP contribution in [-0.2, 0) is 6.54 Å². The van der Waals surface area contributed by atoms with Crippen LogP contribution in [0.25, 0.3) is 0 Å². The number of nitrogens with zero attached hydrogens (tertiary/aromatic N) is 2. The van der Waals surface area contributed by atoms with Crippen LogP contribution in [-0.4, -0.2) is 16.7 Å². The van der Waals surface area contributed by atoms with E-state index in [2.05, 4.69) is 10.5 Å². The minimum absolute atomic E-state index is 0.0288. The van der Waals surface area contributed by atoms with E-state index in [0.717, 1.165) is 5.56 Å². The molecular weight excluding hydrogens is 421 g/mol. The second kappa shape index (κ2) is 9.06. The summed E-state index contributed by atoms with van der Waals surface area (Å²) in [6.07, 6.45) is 2.90. The molecule has 0 saturated carbocycles. The first-order chi connectivity index (χ1) is 13.5. The fraction of sp³-hybridized carbons (Fsp3) is 0.0500. The first-order valence-electron chi connectivity index (χ1n) is 8.17. The molecule has 2 aromatic carbocycles. The van der Waals surface area contributed by atoms with Crippen LogP contribution in [0.15, 0.2) is 70.7 Å². The highest BCUT2D eigenvalue weighted by Gasteiger charge is 2.12. The Bertz CT molecular complexity index is 1100. The first kappa shape index (κ1) is 20.1. The molecule has 0 aliphatic rings. The molecule has 1 aromatic heterocycles. The maximum Gasteiger partial charge on any atom is 0.276 e. The zero-order chi connectivity index (χ0) is 20.1. The number of carbonyl (C=O) groups is 1. The summed E-state index contributed by atoms with van der Waals surface area (Å²) in [5.41, 5.74) is 3.18. The van der Waals surface area contributed by atoms with Crippen LogP contribution in [0.2, 0.25) is 15.1 Å². The Balaban J connectivity index is 1.78. The van der Waals surface area contributed by atoms with Gasteiger partial charge in [-0.25, -0.2) is 5.43 Å². The molecule has 8 heteroatoms. The number of halogens is 3. The topological polar surface area (TPSA) is 63.5 Å². The molecule has 1 amide bonds. The Morgan fingerprint density at radius 2 is 1.71 bits per heavy atom. The van der Waals surface area contributed by atoms with E-state index in [-0.39, 0.29) is 10.6 Å². The molecule has 5 nitrogen and oxygen atoms in total. The molecule has 0 unspecified atom stereocenters. The van der Waals surface area contributed by atoms with E-state index in [0.29, 0.717) is 22.2 Å². The largest absolute Gasteiger partial charge is 0.310 e. The summed E-state index contributed by atoms with van der Waals surface area (Å²) < 4.78 is 1.46. The minimum Gasteiger partial charge on any atom is -0.310 e. The van der Waals surface area contributed by atoms with Gasteiger partial charge < -0.3 is 4.57 Å². The third-order valence-corrected chi connectivity index (χ3v) is 5.05. The van der Waals surface area contributed by atoms with Crippen molar-refractivity contribution < 1.29 is 4.79 Å². The Morgan fingerprint density at radius 1 is 1.00 bits per heavy atom. The predicted molar refractivity (Wildman–Crippen MR) is 113 cm³/mol. The van der Waals surface area contributed by atoms with Gasteiger partial charge >= 0.3 is 0 Å². The molecule has 0 aliphatic heterocycles. The van der Waals surface area contributed by atoms with E-state index >= 15 is 0 Å². The van der Waals surface area contributed by atoms with Gasteiger partial charge in [-0.1, -0.05) is 65.1 Å². The Morgan fingerprint density at radius 3 is 2.46 bits per heavy atom. The van der Waals surface area contributed by atoms with Gasteiger partial charge in [0.05, 0.1) is 27.8 Å². The number of hydrazone groups is 1. The molecule has 0 aliphatic carbocycles. The standard InChI is InChI=1S/C20H14Cl3N3O2/c21-16-8-9-17(22)18(23)15(16)11-24-25-19(27)14-7-4-10-26(20(14)28)12-13-5-2-1-3-6-13/h1-11H,12H2,(H,25,27)/b24-11-. The highest BCUT2D eigenvalue weighted by atomic mass is 35.5. The Labute approximate surface area is 176 Å². The summed E-state index contributed by atoms with van der Waals surface area (Å²) in [7, 11) is 0. The van der Waals surface area contributed by atoms with Crippen LogP contribution < -0.4 is 11.0 Å². The molecule has 0 spiro atoms. The average Bonchev–Trinajstić information content (AvgIpc) is 2.70. The Kier molecular flexibility index (Phi) is 6.52. The third-order valence-electron chi connectivity index (χ3n) is 3.90. The number of aromatic nitrogens is 1. The highest BCUT2D eigenvalue weighted by Crippen LogP contribution is 2.29. The third kappa shape index (κ3) is 4.62. The van der Waals surface area contributed by atoms with E-state index in [4.69, 9.17) is 34.8 Å². The van der Waals surface area contributed by atoms with Gasteiger partial charge in [0.25, 0.3) is 11.5 Å². The summed E-state index contributed by atoms with van der Waals surface area (Å²) >= 11 is 18.1. The predicted octanol–water partition coefficient (Wildman–Crippen LogP) is 4.62. The minimum atomic E-state index is -0.641. The summed E-state index contributed by atoms with van der Waals surface area (Å²) in [6.45, 7) is 0.359. The van der Waals surface area contributed by atoms with E-state index < -0.39 is 11.5 Å². The van der Waals surface area contributed by atoms with Gasteiger partial charge in [-0.2, -0.15) is 5.10 Å². The van der Waals surface area contributed by atoms with Crippen molar-refractivity contribution in [2.75, 3.05) is 0 Å². The monoisotopic (exact) mass is 433 g/mol. The van der Waals surface area contributed by atoms with Crippen LogP contribution in [0, 0.1) is 0 Å². The van der Waals surface area contributed by atoms with Crippen LogP contribution in [0.4, 0.5) is 0 Å². The second-order valence-corrected chi connectivity index (χ2v) is 6.99. The number of benzene rings is 2. The lowest BCUT2D eigenvalue weighted by Gasteiger charge is -2.08. The number of carbonyl (C=O) groups excluding carboxylic acids is 1. The smallest absolute Gasteiger partial charge is 0.276 e. The van der Waals surface area contributed by atoms with E-state index in [1.807, 2.05) is 30.3 Å². The quantitative estimate of drug-likeness (QED) is 0.362. The van der Waals surface area contributed by atoms with Gasteiger partial charge in [0.15, 0.2) is 0 Å². The van der Waals surface area contributed by atoms with E-state index in [9.17, 15) is 9.59 Å². The Hall–Kier alpha value is -2.60. The summed E-state index contributed by atoms with van der Waals surface area (Å²) in [5.74, 6) is -0.641. The van der Waals surface area contributed by atoms with Crippen LogP contribution in [0.3, 0.4) is 0 Å². The molecule has 3 aromatic rings. The van der Waals surface area contributed by atoms with Gasteiger partial charge in [0.2, 0.25) is 0 Å². The van der Waals surface area contributed by atoms with Crippen LogP contribution in [0.1, 0.15) is 21.5 Å². The van der Waals surface area contributed by atoms with E-state index in [1.54, 1.807) is 24.4 Å². The molecule has 28 heavy (non-hydrogen) atoms. The van der Waals surface area contributed by atoms with Crippen molar-refractivity contribution >= 4 is 46.9 Å². The fourth-order valence-corrected chi connectivity index (χ4v) is 3.12. The van der Waals surface area contributed by atoms with Crippen molar-refractivity contribution in [3.05, 3.63) is 103 Å². The lowest BCUT2D eigenvalue weighted by molar-refractivity contribution is 0.0953. The molecule has 0 radical (unpaired) electrons. The average molecular weight is 435 g/mol. The molecule has 0 fully saturated rings. The van der Waals surface area contributed by atoms with Crippen molar-refractivity contribution in [1.82, 2.24) is 9.99 Å². The highest BCUT2D eigenvalue weighted by molar-refractivity contribution is 6.45. The fourth-order valence-electron chi connectivity index (χ4n) is 2.49. The van der Waals surface area contributed by atoms with Gasteiger partial charge in [0, 0.05) is 11.8 Å². The molecular formula is C20H14Cl3N3O2. The van der Waals surface area contributed by atoms with Gasteiger partial charge in [-0.05, 0) is 29.8 Å². The molecule has 0 saturated heterocycles. The molecule has 3 rings (SSSR count). The second-order valence-electron chi connectivity index (χ2n) is 5.80. The van der Waals surface area contributed by atoms with Crippen LogP contribution >= 0.6 is 34.8 Å². The zero-order valence-corrected chi connectivity index (χ0v) is 16.7. The molecule has 142 valence electrons. The first-order valence-corrected chi connectivity index (χ1v) is 9.31. The SMILES string of the molecule is O=C(N/N=C\c1c(Cl)ccc(Cl)c1Cl)c1cccn(Cc2ccccc2)c1=O. The van der Waals surface area contributed by atoms with Crippen molar-refractivity contribution in [3.63, 3.8) is 0 Å². The summed E-state index contributed by atoms with van der Waals surface area (Å²) in [6, 6.07) is 15.7. The number of nitrogens with one attached hydrogen (secondary N) is 1. The zero-order valence-electron chi connectivity index (χ0n) is 14.4. The maximum absolute atomic E-state index is 12.6.